The van der Waals surface area contributed by atoms with Crippen LogP contribution in [0.1, 0.15) is 31.4 Å². The van der Waals surface area contributed by atoms with E-state index in [9.17, 15) is 4.79 Å². The Morgan fingerprint density at radius 1 is 1.39 bits per heavy atom. The van der Waals surface area contributed by atoms with Gasteiger partial charge in [0.25, 0.3) is 5.91 Å². The summed E-state index contributed by atoms with van der Waals surface area (Å²) >= 11 is 11.9. The molecule has 1 aromatic heterocycles. The van der Waals surface area contributed by atoms with E-state index in [-0.39, 0.29) is 18.1 Å². The van der Waals surface area contributed by atoms with Crippen LogP contribution in [0.4, 0.5) is 5.69 Å². The van der Waals surface area contributed by atoms with Crippen LogP contribution in [0.3, 0.4) is 0 Å². The summed E-state index contributed by atoms with van der Waals surface area (Å²) in [6, 6.07) is 7.40. The molecular formula is C24H29ClN4O3S. The highest BCUT2D eigenvalue weighted by Crippen LogP contribution is 2.26. The molecule has 0 saturated carbocycles. The third-order valence-corrected chi connectivity index (χ3v) is 5.97. The van der Waals surface area contributed by atoms with Gasteiger partial charge < -0.3 is 25.4 Å². The molecule has 1 aromatic carbocycles. The second-order valence-electron chi connectivity index (χ2n) is 8.02. The lowest BCUT2D eigenvalue weighted by atomic mass is 10.0. The number of pyridine rings is 1. The van der Waals surface area contributed by atoms with Gasteiger partial charge in [0.15, 0.2) is 0 Å². The van der Waals surface area contributed by atoms with Gasteiger partial charge in [-0.2, -0.15) is 0 Å². The Labute approximate surface area is 204 Å². The molecule has 1 amide bonds. The lowest BCUT2D eigenvalue weighted by Gasteiger charge is -2.27. The molecule has 7 nitrogen and oxygen atoms in total. The summed E-state index contributed by atoms with van der Waals surface area (Å²) in [5, 5.41) is 10.2. The first kappa shape index (κ1) is 25.0. The lowest BCUT2D eigenvalue weighted by molar-refractivity contribution is -0.118. The van der Waals surface area contributed by atoms with Gasteiger partial charge in [0, 0.05) is 54.3 Å². The number of anilines is 1. The molecule has 2 atom stereocenters. The van der Waals surface area contributed by atoms with E-state index in [1.165, 1.54) is 0 Å². The summed E-state index contributed by atoms with van der Waals surface area (Å²) in [4.78, 5) is 17.4. The van der Waals surface area contributed by atoms with E-state index in [2.05, 4.69) is 20.9 Å². The second-order valence-corrected chi connectivity index (χ2v) is 8.83. The predicted octanol–water partition coefficient (Wildman–Crippen LogP) is 4.15. The Morgan fingerprint density at radius 2 is 2.18 bits per heavy atom. The number of nitrogens with one attached hydrogen (secondary N) is 3. The first-order valence-corrected chi connectivity index (χ1v) is 11.5. The molecule has 3 N–H and O–H groups in total. The maximum atomic E-state index is 12.9. The minimum atomic E-state index is -0.214. The van der Waals surface area contributed by atoms with Gasteiger partial charge in [0.1, 0.15) is 16.8 Å². The highest BCUT2D eigenvalue weighted by molar-refractivity contribution is 7.81. The second kappa shape index (κ2) is 11.4. The molecule has 0 bridgehead atoms. The van der Waals surface area contributed by atoms with E-state index < -0.39 is 0 Å². The fourth-order valence-electron chi connectivity index (χ4n) is 3.57. The molecule has 0 saturated heterocycles. The minimum absolute atomic E-state index is 0.0191. The maximum Gasteiger partial charge on any atom is 0.256 e. The molecule has 2 aromatic rings. The van der Waals surface area contributed by atoms with Gasteiger partial charge in [0.2, 0.25) is 0 Å². The van der Waals surface area contributed by atoms with Crippen molar-refractivity contribution >= 4 is 40.4 Å². The largest absolute Gasteiger partial charge is 0.486 e. The molecule has 0 spiro atoms. The summed E-state index contributed by atoms with van der Waals surface area (Å²) in [5.74, 6) is 0.452. The number of thiocarbonyl (C=S) groups is 1. The molecule has 9 heteroatoms. The quantitative estimate of drug-likeness (QED) is 0.457. The molecule has 2 heterocycles. The zero-order chi connectivity index (χ0) is 24.0. The summed E-state index contributed by atoms with van der Waals surface area (Å²) in [6.07, 6.45) is 3.90. The van der Waals surface area contributed by atoms with Gasteiger partial charge in [-0.05, 0) is 44.5 Å². The summed E-state index contributed by atoms with van der Waals surface area (Å²) in [7, 11) is 1.64. The van der Waals surface area contributed by atoms with Crippen LogP contribution in [0.5, 0.6) is 5.75 Å². The maximum absolute atomic E-state index is 12.9. The van der Waals surface area contributed by atoms with Crippen molar-refractivity contribution < 1.29 is 14.3 Å². The van der Waals surface area contributed by atoms with Crippen molar-refractivity contribution in [2.45, 2.75) is 45.9 Å². The van der Waals surface area contributed by atoms with Gasteiger partial charge in [-0.25, -0.2) is 0 Å². The number of carbonyl (C=O) groups excluding carboxylic acids is 1. The molecule has 3 rings (SSSR count). The standard InChI is InChI=1S/C24H29ClN4O3S/c1-14-10-20(27-11-17-8-9-26-12-21(17)32-15(2)13-31-4)22(23(30)28-14)24(33)29-19-7-5-6-18(25)16(19)3/h5-9,12,14-15,27H,10-11,13H2,1-4H3,(H,28,30)(H,29,33). The normalized spacial score (nSPS) is 16.8. The highest BCUT2D eigenvalue weighted by Gasteiger charge is 2.28. The van der Waals surface area contributed by atoms with Crippen molar-refractivity contribution in [3.8, 4) is 5.75 Å². The Bertz CT molecular complexity index is 1060. The minimum Gasteiger partial charge on any atom is -0.486 e. The Balaban J connectivity index is 1.83. The number of rotatable bonds is 9. The monoisotopic (exact) mass is 488 g/mol. The van der Waals surface area contributed by atoms with Crippen LogP contribution in [0.25, 0.3) is 0 Å². The number of carbonyl (C=O) groups is 1. The summed E-state index contributed by atoms with van der Waals surface area (Å²) in [6.45, 7) is 6.72. The molecule has 2 unspecified atom stereocenters. The molecule has 176 valence electrons. The molecular weight excluding hydrogens is 460 g/mol. The van der Waals surface area contributed by atoms with E-state index in [4.69, 9.17) is 33.3 Å². The van der Waals surface area contributed by atoms with Gasteiger partial charge in [0.05, 0.1) is 18.4 Å². The number of hydrogen-bond acceptors (Lipinski definition) is 6. The molecule has 0 aliphatic carbocycles. The number of methoxy groups -OCH3 is 1. The predicted molar refractivity (Wildman–Crippen MR) is 135 cm³/mol. The molecule has 33 heavy (non-hydrogen) atoms. The first-order chi connectivity index (χ1) is 15.8. The van der Waals surface area contributed by atoms with Gasteiger partial charge in [-0.1, -0.05) is 29.9 Å². The lowest BCUT2D eigenvalue weighted by Crippen LogP contribution is -2.44. The van der Waals surface area contributed by atoms with Gasteiger partial charge >= 0.3 is 0 Å². The highest BCUT2D eigenvalue weighted by atomic mass is 35.5. The number of benzene rings is 1. The number of amides is 1. The number of halogens is 1. The first-order valence-electron chi connectivity index (χ1n) is 10.7. The summed E-state index contributed by atoms with van der Waals surface area (Å²) in [5.41, 5.74) is 3.75. The zero-order valence-electron chi connectivity index (χ0n) is 19.2. The fraction of sp³-hybridized carbons (Fsp3) is 0.375. The van der Waals surface area contributed by atoms with Gasteiger partial charge in [-0.3, -0.25) is 9.78 Å². The zero-order valence-corrected chi connectivity index (χ0v) is 20.8. The van der Waals surface area contributed by atoms with Crippen LogP contribution in [-0.2, 0) is 16.1 Å². The third-order valence-electron chi connectivity index (χ3n) is 5.25. The topological polar surface area (TPSA) is 84.5 Å². The van der Waals surface area contributed by atoms with E-state index in [0.29, 0.717) is 40.9 Å². The SMILES string of the molecule is COCC(C)Oc1cnccc1CNC1=C(C(=S)Nc2cccc(Cl)c2C)C(=O)NC(C)C1. The van der Waals surface area contributed by atoms with Crippen molar-refractivity contribution in [3.05, 3.63) is 64.1 Å². The molecule has 0 fully saturated rings. The van der Waals surface area contributed by atoms with Crippen molar-refractivity contribution in [1.29, 1.82) is 0 Å². The Kier molecular flexibility index (Phi) is 8.66. The Morgan fingerprint density at radius 3 is 2.94 bits per heavy atom. The van der Waals surface area contributed by atoms with E-state index in [1.807, 2.05) is 45.0 Å². The van der Waals surface area contributed by atoms with Crippen molar-refractivity contribution in [3.63, 3.8) is 0 Å². The van der Waals surface area contributed by atoms with Crippen molar-refractivity contribution in [1.82, 2.24) is 15.6 Å². The number of ether oxygens (including phenoxy) is 2. The van der Waals surface area contributed by atoms with Crippen LogP contribution in [-0.4, -0.2) is 41.7 Å². The number of aromatic nitrogens is 1. The smallest absolute Gasteiger partial charge is 0.256 e. The van der Waals surface area contributed by atoms with Crippen molar-refractivity contribution in [2.75, 3.05) is 19.0 Å². The fourth-order valence-corrected chi connectivity index (χ4v) is 4.07. The van der Waals surface area contributed by atoms with Crippen LogP contribution >= 0.6 is 23.8 Å². The van der Waals surface area contributed by atoms with E-state index >= 15 is 0 Å². The third kappa shape index (κ3) is 6.43. The number of hydrogen-bond donors (Lipinski definition) is 3. The van der Waals surface area contributed by atoms with Crippen LogP contribution in [0.2, 0.25) is 5.02 Å². The average molecular weight is 489 g/mol. The van der Waals surface area contributed by atoms with Crippen LogP contribution in [0.15, 0.2) is 47.9 Å². The molecule has 1 aliphatic heterocycles. The summed E-state index contributed by atoms with van der Waals surface area (Å²) < 4.78 is 11.1. The van der Waals surface area contributed by atoms with Crippen LogP contribution < -0.4 is 20.7 Å². The molecule has 0 radical (unpaired) electrons. The molecule has 1 aliphatic rings. The van der Waals surface area contributed by atoms with E-state index in [1.54, 1.807) is 19.5 Å². The van der Waals surface area contributed by atoms with E-state index in [0.717, 1.165) is 22.5 Å². The van der Waals surface area contributed by atoms with Gasteiger partial charge in [-0.15, -0.1) is 0 Å². The number of nitrogens with zero attached hydrogens (tertiary/aromatic N) is 1. The Hall–Kier alpha value is -2.68. The van der Waals surface area contributed by atoms with Crippen LogP contribution in [0, 0.1) is 6.92 Å². The average Bonchev–Trinajstić information content (AvgIpc) is 2.76. The van der Waals surface area contributed by atoms with Crippen molar-refractivity contribution in [2.24, 2.45) is 0 Å².